The normalized spacial score (nSPS) is 13.8. The number of esters is 3. The molecule has 0 fully saturated rings. The number of ether oxygens (including phenoxy) is 3. The molecule has 0 aromatic rings. The second-order valence-electron chi connectivity index (χ2n) is 18.4. The Hall–Kier alpha value is -2.56. The van der Waals surface area contributed by atoms with Crippen LogP contribution in [0.3, 0.4) is 0 Å². The molecular formula is C56H101O11P. The first-order valence-electron chi connectivity index (χ1n) is 27.5. The first kappa shape index (κ1) is 65.4. The molecule has 12 heteroatoms. The molecule has 3 atom stereocenters. The molecule has 11 nitrogen and oxygen atoms in total. The van der Waals surface area contributed by atoms with E-state index in [1.165, 1.54) is 128 Å². The van der Waals surface area contributed by atoms with Gasteiger partial charge in [0.05, 0.1) is 19.8 Å². The number of rotatable bonds is 51. The average Bonchev–Trinajstić information content (AvgIpc) is 3.32. The van der Waals surface area contributed by atoms with Gasteiger partial charge in [-0.1, -0.05) is 236 Å². The van der Waals surface area contributed by atoms with Crippen molar-refractivity contribution in [2.75, 3.05) is 26.4 Å². The van der Waals surface area contributed by atoms with Crippen LogP contribution in [0.1, 0.15) is 252 Å². The Balaban J connectivity index is 4.76. The van der Waals surface area contributed by atoms with E-state index < -0.39 is 57.8 Å². The number of hydrogen-bond donors (Lipinski definition) is 2. The van der Waals surface area contributed by atoms with Crippen molar-refractivity contribution < 1.29 is 52.2 Å². The number of carbonyl (C=O) groups is 3. The topological polar surface area (TPSA) is 155 Å². The molecule has 0 spiro atoms. The molecule has 0 heterocycles. The molecule has 3 unspecified atom stereocenters. The molecule has 0 saturated heterocycles. The molecule has 0 aromatic heterocycles. The molecule has 0 bridgehead atoms. The Labute approximate surface area is 415 Å². The maximum atomic E-state index is 12.9. The highest BCUT2D eigenvalue weighted by atomic mass is 31.2. The van der Waals surface area contributed by atoms with Crippen LogP contribution in [-0.4, -0.2) is 66.5 Å². The lowest BCUT2D eigenvalue weighted by molar-refractivity contribution is -0.161. The van der Waals surface area contributed by atoms with Crippen LogP contribution >= 0.6 is 7.82 Å². The Bertz CT molecular complexity index is 1330. The summed E-state index contributed by atoms with van der Waals surface area (Å²) in [7, 11) is -4.76. The number of phosphoric ester groups is 1. The smallest absolute Gasteiger partial charge is 0.462 e. The minimum Gasteiger partial charge on any atom is -0.462 e. The van der Waals surface area contributed by atoms with Gasteiger partial charge in [-0.05, 0) is 44.9 Å². The van der Waals surface area contributed by atoms with E-state index in [9.17, 15) is 28.9 Å². The van der Waals surface area contributed by atoms with Gasteiger partial charge in [-0.3, -0.25) is 23.4 Å². The van der Waals surface area contributed by atoms with E-state index >= 15 is 0 Å². The van der Waals surface area contributed by atoms with Gasteiger partial charge in [0.25, 0.3) is 0 Å². The first-order chi connectivity index (χ1) is 33.2. The van der Waals surface area contributed by atoms with Gasteiger partial charge in [-0.2, -0.15) is 0 Å². The maximum absolute atomic E-state index is 12.9. The van der Waals surface area contributed by atoms with Gasteiger partial charge in [-0.25, -0.2) is 4.57 Å². The minimum absolute atomic E-state index is 0.0495. The van der Waals surface area contributed by atoms with Crippen molar-refractivity contribution in [2.24, 2.45) is 0 Å². The van der Waals surface area contributed by atoms with Gasteiger partial charge in [0.15, 0.2) is 6.10 Å². The van der Waals surface area contributed by atoms with Crippen LogP contribution in [0.2, 0.25) is 0 Å². The Morgan fingerprint density at radius 2 is 0.765 bits per heavy atom. The second kappa shape index (κ2) is 50.8. The predicted octanol–water partition coefficient (Wildman–Crippen LogP) is 15.8. The van der Waals surface area contributed by atoms with Crippen LogP contribution < -0.4 is 0 Å². The molecule has 68 heavy (non-hydrogen) atoms. The van der Waals surface area contributed by atoms with Crippen LogP contribution in [-0.2, 0) is 42.2 Å². The Morgan fingerprint density at radius 1 is 0.426 bits per heavy atom. The van der Waals surface area contributed by atoms with Crippen LogP contribution in [0, 0.1) is 0 Å². The molecule has 0 aliphatic rings. The number of hydrogen-bond acceptors (Lipinski definition) is 10. The Morgan fingerprint density at radius 3 is 1.18 bits per heavy atom. The average molecular weight is 981 g/mol. The van der Waals surface area contributed by atoms with E-state index in [1.807, 2.05) is 12.2 Å². The highest BCUT2D eigenvalue weighted by Crippen LogP contribution is 2.43. The molecule has 0 aliphatic carbocycles. The molecule has 396 valence electrons. The van der Waals surface area contributed by atoms with E-state index in [4.69, 9.17) is 23.3 Å². The van der Waals surface area contributed by atoms with Crippen molar-refractivity contribution in [1.82, 2.24) is 0 Å². The lowest BCUT2D eigenvalue weighted by atomic mass is 10.0. The standard InChI is InChI=1S/C56H101O11P/c1-4-7-10-13-16-19-22-25-26-29-30-33-36-39-42-45-54(58)63-49-53(67-56(60)47-44-41-38-35-32-28-24-21-18-15-12-9-6-3)51-65-68(61,62)64-50-52(48-57)66-55(59)46-43-40-37-34-31-27-23-20-17-14-11-8-5-2/h9,12,18,21,28,32,38,41,52-53,57H,4-8,10-11,13-17,19-20,22-27,29-31,33-37,39-40,42-51H2,1-3H3,(H,61,62)/b12-9-,21-18-,32-28-,41-38-. The van der Waals surface area contributed by atoms with Gasteiger partial charge >= 0.3 is 25.7 Å². The fraction of sp³-hybridized carbons (Fsp3) is 0.804. The fourth-order valence-electron chi connectivity index (χ4n) is 7.61. The molecule has 0 aromatic carbocycles. The molecule has 0 amide bonds. The number of aliphatic hydroxyl groups excluding tert-OH is 1. The minimum atomic E-state index is -4.76. The van der Waals surface area contributed by atoms with E-state index in [0.717, 1.165) is 64.2 Å². The largest absolute Gasteiger partial charge is 0.472 e. The number of phosphoric acid groups is 1. The van der Waals surface area contributed by atoms with Crippen molar-refractivity contribution in [1.29, 1.82) is 0 Å². The highest BCUT2D eigenvalue weighted by Gasteiger charge is 2.28. The third kappa shape index (κ3) is 48.5. The van der Waals surface area contributed by atoms with E-state index in [1.54, 1.807) is 0 Å². The van der Waals surface area contributed by atoms with Crippen molar-refractivity contribution in [3.8, 4) is 0 Å². The first-order valence-corrected chi connectivity index (χ1v) is 29.0. The zero-order valence-corrected chi connectivity index (χ0v) is 44.5. The van der Waals surface area contributed by atoms with Gasteiger partial charge in [0, 0.05) is 19.3 Å². The summed E-state index contributed by atoms with van der Waals surface area (Å²) in [5, 5.41) is 9.78. The zero-order chi connectivity index (χ0) is 49.9. The summed E-state index contributed by atoms with van der Waals surface area (Å²) in [6, 6.07) is 0. The molecule has 0 saturated carbocycles. The van der Waals surface area contributed by atoms with Crippen LogP contribution in [0.15, 0.2) is 48.6 Å². The lowest BCUT2D eigenvalue weighted by Crippen LogP contribution is -2.30. The fourth-order valence-corrected chi connectivity index (χ4v) is 8.39. The number of carbonyl (C=O) groups excluding carboxylic acids is 3. The van der Waals surface area contributed by atoms with Crippen LogP contribution in [0.5, 0.6) is 0 Å². The lowest BCUT2D eigenvalue weighted by Gasteiger charge is -2.21. The van der Waals surface area contributed by atoms with Gasteiger partial charge < -0.3 is 24.2 Å². The summed E-state index contributed by atoms with van der Waals surface area (Å²) >= 11 is 0. The number of allylic oxidation sites excluding steroid dienone is 8. The molecule has 2 N–H and O–H groups in total. The Kier molecular flexibility index (Phi) is 48.9. The van der Waals surface area contributed by atoms with E-state index in [-0.39, 0.29) is 25.9 Å². The summed E-state index contributed by atoms with van der Waals surface area (Å²) in [5.41, 5.74) is 0. The van der Waals surface area contributed by atoms with Crippen LogP contribution in [0.25, 0.3) is 0 Å². The summed E-state index contributed by atoms with van der Waals surface area (Å²) in [4.78, 5) is 48.3. The highest BCUT2D eigenvalue weighted by molar-refractivity contribution is 7.47. The monoisotopic (exact) mass is 981 g/mol. The quantitative estimate of drug-likeness (QED) is 0.0197. The summed E-state index contributed by atoms with van der Waals surface area (Å²) < 4.78 is 39.3. The molecule has 0 radical (unpaired) electrons. The van der Waals surface area contributed by atoms with E-state index in [2.05, 4.69) is 57.2 Å². The zero-order valence-electron chi connectivity index (χ0n) is 43.6. The summed E-state index contributed by atoms with van der Waals surface area (Å²) in [6.07, 6.45) is 52.4. The second-order valence-corrected chi connectivity index (χ2v) is 19.8. The van der Waals surface area contributed by atoms with Crippen molar-refractivity contribution in [2.45, 2.75) is 264 Å². The van der Waals surface area contributed by atoms with Gasteiger partial charge in [-0.15, -0.1) is 0 Å². The van der Waals surface area contributed by atoms with E-state index in [0.29, 0.717) is 19.3 Å². The number of unbranched alkanes of at least 4 members (excludes halogenated alkanes) is 26. The van der Waals surface area contributed by atoms with Crippen LogP contribution in [0.4, 0.5) is 0 Å². The van der Waals surface area contributed by atoms with Gasteiger partial charge in [0.2, 0.25) is 0 Å². The van der Waals surface area contributed by atoms with Crippen molar-refractivity contribution in [3.63, 3.8) is 0 Å². The third-order valence-electron chi connectivity index (χ3n) is 11.8. The predicted molar refractivity (Wildman–Crippen MR) is 279 cm³/mol. The summed E-state index contributed by atoms with van der Waals surface area (Å²) in [5.74, 6) is -1.55. The molecule has 0 rings (SSSR count). The van der Waals surface area contributed by atoms with Crippen molar-refractivity contribution in [3.05, 3.63) is 48.6 Å². The van der Waals surface area contributed by atoms with Gasteiger partial charge in [0.1, 0.15) is 12.7 Å². The third-order valence-corrected chi connectivity index (χ3v) is 12.7. The van der Waals surface area contributed by atoms with Crippen molar-refractivity contribution >= 4 is 25.7 Å². The SMILES string of the molecule is CC/C=C\C/C=C\C/C=C\C/C=C\CCC(=O)OC(COC(=O)CCCCCCCCCCCCCCCCC)COP(=O)(O)OCC(CO)OC(=O)CCCCCCCCCCCCCCC. The molecular weight excluding hydrogens is 880 g/mol. The maximum Gasteiger partial charge on any atom is 0.472 e. The summed E-state index contributed by atoms with van der Waals surface area (Å²) in [6.45, 7) is 4.47. The molecule has 0 aliphatic heterocycles. The number of aliphatic hydroxyl groups is 1.